The lowest BCUT2D eigenvalue weighted by molar-refractivity contribution is 0.0951. The van der Waals surface area contributed by atoms with Gasteiger partial charge in [0, 0.05) is 32.3 Å². The van der Waals surface area contributed by atoms with Gasteiger partial charge in [0.15, 0.2) is 0 Å². The quantitative estimate of drug-likeness (QED) is 0.633. The SMILES string of the molecule is COc1ccc(CNC(=O)c2ccc(-c3cc(C)cs3)nc2N(C)C)c(OC)c1. The van der Waals surface area contributed by atoms with Crippen LogP contribution in [-0.2, 0) is 6.54 Å². The molecular weight excluding hydrogens is 386 g/mol. The van der Waals surface area contributed by atoms with Gasteiger partial charge in [0.25, 0.3) is 5.91 Å². The number of ether oxygens (including phenoxy) is 2. The molecule has 0 bridgehead atoms. The van der Waals surface area contributed by atoms with Crippen molar-refractivity contribution in [3.63, 3.8) is 0 Å². The zero-order chi connectivity index (χ0) is 21.0. The monoisotopic (exact) mass is 411 g/mol. The van der Waals surface area contributed by atoms with E-state index in [1.165, 1.54) is 5.56 Å². The van der Waals surface area contributed by atoms with Gasteiger partial charge in [0.05, 0.1) is 30.4 Å². The number of amides is 1. The number of pyridine rings is 1. The fourth-order valence-electron chi connectivity index (χ4n) is 2.94. The van der Waals surface area contributed by atoms with E-state index < -0.39 is 0 Å². The summed E-state index contributed by atoms with van der Waals surface area (Å²) in [4.78, 5) is 20.5. The molecular formula is C22H25N3O3S. The molecule has 2 aromatic heterocycles. The normalized spacial score (nSPS) is 10.5. The van der Waals surface area contributed by atoms with E-state index in [4.69, 9.17) is 14.5 Å². The second-order valence-corrected chi connectivity index (χ2v) is 7.72. The molecule has 7 heteroatoms. The summed E-state index contributed by atoms with van der Waals surface area (Å²) in [5.41, 5.74) is 3.46. The van der Waals surface area contributed by atoms with E-state index in [9.17, 15) is 4.79 Å². The van der Waals surface area contributed by atoms with Crippen molar-refractivity contribution in [1.29, 1.82) is 0 Å². The van der Waals surface area contributed by atoms with E-state index in [1.54, 1.807) is 31.6 Å². The Balaban J connectivity index is 1.82. The summed E-state index contributed by atoms with van der Waals surface area (Å²) in [7, 11) is 6.97. The Hall–Kier alpha value is -3.06. The smallest absolute Gasteiger partial charge is 0.255 e. The zero-order valence-corrected chi connectivity index (χ0v) is 18.1. The number of methoxy groups -OCH3 is 2. The molecule has 0 fully saturated rings. The predicted octanol–water partition coefficient (Wildman–Crippen LogP) is 4.13. The van der Waals surface area contributed by atoms with Crippen LogP contribution in [-0.4, -0.2) is 39.2 Å². The van der Waals surface area contributed by atoms with Crippen molar-refractivity contribution in [3.05, 3.63) is 58.5 Å². The summed E-state index contributed by atoms with van der Waals surface area (Å²) >= 11 is 1.65. The zero-order valence-electron chi connectivity index (χ0n) is 17.3. The van der Waals surface area contributed by atoms with Crippen LogP contribution in [0.1, 0.15) is 21.5 Å². The highest BCUT2D eigenvalue weighted by molar-refractivity contribution is 7.13. The number of hydrogen-bond donors (Lipinski definition) is 1. The van der Waals surface area contributed by atoms with Gasteiger partial charge < -0.3 is 19.7 Å². The number of aromatic nitrogens is 1. The van der Waals surface area contributed by atoms with Gasteiger partial charge in [-0.3, -0.25) is 4.79 Å². The van der Waals surface area contributed by atoms with Crippen LogP contribution in [0.15, 0.2) is 41.8 Å². The predicted molar refractivity (Wildman–Crippen MR) is 117 cm³/mol. The molecule has 0 radical (unpaired) electrons. The molecule has 0 aliphatic heterocycles. The van der Waals surface area contributed by atoms with Crippen LogP contribution in [0, 0.1) is 6.92 Å². The van der Waals surface area contributed by atoms with Gasteiger partial charge in [-0.05, 0) is 48.2 Å². The third-order valence-corrected chi connectivity index (χ3v) is 5.53. The van der Waals surface area contributed by atoms with Crippen molar-refractivity contribution in [1.82, 2.24) is 10.3 Å². The molecule has 2 heterocycles. The van der Waals surface area contributed by atoms with Gasteiger partial charge in [0.1, 0.15) is 17.3 Å². The van der Waals surface area contributed by atoms with Crippen LogP contribution in [0.2, 0.25) is 0 Å². The maximum absolute atomic E-state index is 12.9. The minimum atomic E-state index is -0.187. The van der Waals surface area contributed by atoms with E-state index in [0.717, 1.165) is 16.1 Å². The fraction of sp³-hybridized carbons (Fsp3) is 0.273. The molecule has 0 atom stereocenters. The van der Waals surface area contributed by atoms with Crippen LogP contribution in [0.4, 0.5) is 5.82 Å². The van der Waals surface area contributed by atoms with Gasteiger partial charge in [-0.1, -0.05) is 0 Å². The van der Waals surface area contributed by atoms with Crippen molar-refractivity contribution < 1.29 is 14.3 Å². The molecule has 0 saturated carbocycles. The number of carbonyl (C=O) groups excluding carboxylic acids is 1. The van der Waals surface area contributed by atoms with Crippen molar-refractivity contribution in [2.75, 3.05) is 33.2 Å². The number of anilines is 1. The number of thiophene rings is 1. The van der Waals surface area contributed by atoms with E-state index in [0.29, 0.717) is 29.4 Å². The number of hydrogen-bond acceptors (Lipinski definition) is 6. The second-order valence-electron chi connectivity index (χ2n) is 6.81. The summed E-state index contributed by atoms with van der Waals surface area (Å²) in [5.74, 6) is 1.81. The fourth-order valence-corrected chi connectivity index (χ4v) is 3.81. The van der Waals surface area contributed by atoms with Crippen molar-refractivity contribution in [2.24, 2.45) is 0 Å². The Labute approximate surface area is 175 Å². The minimum Gasteiger partial charge on any atom is -0.497 e. The van der Waals surface area contributed by atoms with Gasteiger partial charge in [0.2, 0.25) is 0 Å². The molecule has 0 aliphatic rings. The highest BCUT2D eigenvalue weighted by atomic mass is 32.1. The first-order valence-corrected chi connectivity index (χ1v) is 10.0. The van der Waals surface area contributed by atoms with Gasteiger partial charge in [-0.15, -0.1) is 11.3 Å². The van der Waals surface area contributed by atoms with Crippen LogP contribution in [0.5, 0.6) is 11.5 Å². The lowest BCUT2D eigenvalue weighted by atomic mass is 10.1. The van der Waals surface area contributed by atoms with Gasteiger partial charge in [-0.25, -0.2) is 4.98 Å². The Morgan fingerprint density at radius 2 is 1.93 bits per heavy atom. The molecule has 29 heavy (non-hydrogen) atoms. The molecule has 152 valence electrons. The van der Waals surface area contributed by atoms with Gasteiger partial charge in [-0.2, -0.15) is 0 Å². The maximum Gasteiger partial charge on any atom is 0.255 e. The van der Waals surface area contributed by atoms with Crippen LogP contribution >= 0.6 is 11.3 Å². The molecule has 0 unspecified atom stereocenters. The summed E-state index contributed by atoms with van der Waals surface area (Å²) in [5, 5.41) is 5.05. The van der Waals surface area contributed by atoms with E-state index in [1.807, 2.05) is 43.3 Å². The third-order valence-electron chi connectivity index (χ3n) is 4.46. The highest BCUT2D eigenvalue weighted by Crippen LogP contribution is 2.29. The van der Waals surface area contributed by atoms with Crippen LogP contribution in [0.25, 0.3) is 10.6 Å². The van der Waals surface area contributed by atoms with E-state index in [-0.39, 0.29) is 5.91 Å². The summed E-state index contributed by atoms with van der Waals surface area (Å²) in [6, 6.07) is 11.3. The van der Waals surface area contributed by atoms with Crippen molar-refractivity contribution in [3.8, 4) is 22.1 Å². The second kappa shape index (κ2) is 8.96. The molecule has 1 amide bonds. The Morgan fingerprint density at radius 1 is 1.14 bits per heavy atom. The average Bonchev–Trinajstić information content (AvgIpc) is 3.17. The molecule has 0 saturated heterocycles. The molecule has 3 aromatic rings. The first-order chi connectivity index (χ1) is 13.9. The summed E-state index contributed by atoms with van der Waals surface area (Å²) in [6.07, 6.45) is 0. The molecule has 0 aliphatic carbocycles. The summed E-state index contributed by atoms with van der Waals surface area (Å²) < 4.78 is 10.6. The highest BCUT2D eigenvalue weighted by Gasteiger charge is 2.17. The average molecular weight is 412 g/mol. The third kappa shape index (κ3) is 4.68. The number of rotatable bonds is 7. The van der Waals surface area contributed by atoms with E-state index in [2.05, 4.69) is 23.7 Å². The topological polar surface area (TPSA) is 63.7 Å². The number of nitrogens with zero attached hydrogens (tertiary/aromatic N) is 2. The number of carbonyl (C=O) groups is 1. The Bertz CT molecular complexity index is 1010. The van der Waals surface area contributed by atoms with E-state index >= 15 is 0 Å². The number of aryl methyl sites for hydroxylation is 1. The standard InChI is InChI=1S/C22H25N3O3S/c1-14-10-20(29-13-14)18-9-8-17(21(24-18)25(2)3)22(26)23-12-15-6-7-16(27-4)11-19(15)28-5/h6-11,13H,12H2,1-5H3,(H,23,26). The number of benzene rings is 1. The lowest BCUT2D eigenvalue weighted by Crippen LogP contribution is -2.26. The Morgan fingerprint density at radius 3 is 2.55 bits per heavy atom. The number of nitrogens with one attached hydrogen (secondary N) is 1. The van der Waals surface area contributed by atoms with Crippen LogP contribution < -0.4 is 19.7 Å². The Kier molecular flexibility index (Phi) is 6.39. The molecule has 1 N–H and O–H groups in total. The van der Waals surface area contributed by atoms with Crippen LogP contribution in [0.3, 0.4) is 0 Å². The maximum atomic E-state index is 12.9. The minimum absolute atomic E-state index is 0.187. The first kappa shape index (κ1) is 20.7. The molecule has 1 aromatic carbocycles. The molecule has 0 spiro atoms. The van der Waals surface area contributed by atoms with Gasteiger partial charge >= 0.3 is 0 Å². The molecule has 3 rings (SSSR count). The first-order valence-electron chi connectivity index (χ1n) is 9.16. The lowest BCUT2D eigenvalue weighted by Gasteiger charge is -2.17. The summed E-state index contributed by atoms with van der Waals surface area (Å²) in [6.45, 7) is 2.40. The molecule has 6 nitrogen and oxygen atoms in total. The van der Waals surface area contributed by atoms with Crippen molar-refractivity contribution >= 4 is 23.1 Å². The largest absolute Gasteiger partial charge is 0.497 e. The van der Waals surface area contributed by atoms with Crippen molar-refractivity contribution in [2.45, 2.75) is 13.5 Å².